The van der Waals surface area contributed by atoms with Crippen LogP contribution in [0.25, 0.3) is 0 Å². The molecule has 3 rings (SSSR count). The van der Waals surface area contributed by atoms with Gasteiger partial charge in [-0.1, -0.05) is 13.0 Å². The fourth-order valence-electron chi connectivity index (χ4n) is 3.20. The van der Waals surface area contributed by atoms with Gasteiger partial charge in [0.2, 0.25) is 5.91 Å². The number of anilines is 2. The summed E-state index contributed by atoms with van der Waals surface area (Å²) >= 11 is 0. The van der Waals surface area contributed by atoms with Crippen LogP contribution in [0.2, 0.25) is 0 Å². The molecule has 0 fully saturated rings. The van der Waals surface area contributed by atoms with E-state index < -0.39 is 29.9 Å². The summed E-state index contributed by atoms with van der Waals surface area (Å²) < 4.78 is 13.9. The Kier molecular flexibility index (Phi) is 4.60. The van der Waals surface area contributed by atoms with Crippen molar-refractivity contribution in [2.75, 3.05) is 10.2 Å². The van der Waals surface area contributed by atoms with Gasteiger partial charge in [-0.05, 0) is 30.3 Å². The predicted octanol–water partition coefficient (Wildman–Crippen LogP) is 1.79. The van der Waals surface area contributed by atoms with Gasteiger partial charge in [0.05, 0.1) is 11.7 Å². The summed E-state index contributed by atoms with van der Waals surface area (Å²) in [5.41, 5.74) is 6.28. The van der Waals surface area contributed by atoms with Crippen LogP contribution < -0.4 is 16.0 Å². The first-order valence-corrected chi connectivity index (χ1v) is 8.10. The number of pyridine rings is 1. The quantitative estimate of drug-likeness (QED) is 0.775. The molecule has 0 aliphatic carbocycles. The third-order valence-corrected chi connectivity index (χ3v) is 4.49. The number of nitrogens with two attached hydrogens (primary N) is 1. The van der Waals surface area contributed by atoms with Crippen LogP contribution in [0.4, 0.5) is 15.9 Å². The number of fused-ring (bicyclic) bond motifs is 1. The van der Waals surface area contributed by atoms with Gasteiger partial charge in [0, 0.05) is 18.4 Å². The van der Waals surface area contributed by atoms with Crippen molar-refractivity contribution in [2.24, 2.45) is 11.7 Å². The summed E-state index contributed by atoms with van der Waals surface area (Å²) in [6.07, 6.45) is -1.10. The number of amides is 2. The minimum atomic E-state index is -1.10. The summed E-state index contributed by atoms with van der Waals surface area (Å²) in [6.45, 7) is 3.08. The van der Waals surface area contributed by atoms with Crippen molar-refractivity contribution in [3.63, 3.8) is 0 Å². The van der Waals surface area contributed by atoms with Crippen molar-refractivity contribution < 1.29 is 19.1 Å². The van der Waals surface area contributed by atoms with Crippen molar-refractivity contribution in [2.45, 2.75) is 26.1 Å². The fourth-order valence-corrected chi connectivity index (χ4v) is 3.20. The number of primary amides is 1. The van der Waals surface area contributed by atoms with Crippen LogP contribution in [-0.2, 0) is 4.79 Å². The molecule has 2 aromatic rings. The van der Waals surface area contributed by atoms with Crippen LogP contribution in [0.1, 0.15) is 35.9 Å². The van der Waals surface area contributed by atoms with Gasteiger partial charge in [0.1, 0.15) is 23.6 Å². The van der Waals surface area contributed by atoms with E-state index >= 15 is 0 Å². The predicted molar refractivity (Wildman–Crippen MR) is 93.8 cm³/mol. The van der Waals surface area contributed by atoms with E-state index in [-0.39, 0.29) is 11.6 Å². The number of nitrogens with zero attached hydrogens (tertiary/aromatic N) is 2. The van der Waals surface area contributed by atoms with Crippen LogP contribution in [0, 0.1) is 11.7 Å². The average molecular weight is 358 g/mol. The Morgan fingerprint density at radius 1 is 1.31 bits per heavy atom. The van der Waals surface area contributed by atoms with E-state index in [0.29, 0.717) is 17.1 Å². The van der Waals surface area contributed by atoms with Crippen LogP contribution in [0.15, 0.2) is 36.4 Å². The van der Waals surface area contributed by atoms with Gasteiger partial charge in [-0.3, -0.25) is 14.5 Å². The second-order valence-corrected chi connectivity index (χ2v) is 6.26. The number of aliphatic hydroxyl groups is 1. The Balaban J connectivity index is 2.05. The number of hydrogen-bond acceptors (Lipinski definition) is 5. The molecule has 0 spiro atoms. The smallest absolute Gasteiger partial charge is 0.267 e. The van der Waals surface area contributed by atoms with Crippen molar-refractivity contribution in [1.29, 1.82) is 0 Å². The molecule has 1 aromatic carbocycles. The number of aromatic nitrogens is 1. The van der Waals surface area contributed by atoms with Crippen molar-refractivity contribution in [3.8, 4) is 0 Å². The first-order valence-electron chi connectivity index (χ1n) is 8.10. The standard InChI is InChI=1S/C18H19FN4O3/c1-9-16(22-15-5-3-4-13(21-15)17(20)25)12-8-11(19)6-7-14(12)23(10(2)24)18(9)26/h3-9,16,18,26H,1-2H3,(H2,20,25)(H,21,22)/t9-,16-,18+/m1/s1. The molecule has 0 saturated carbocycles. The van der Waals surface area contributed by atoms with E-state index in [4.69, 9.17) is 5.73 Å². The van der Waals surface area contributed by atoms with E-state index in [1.165, 1.54) is 36.1 Å². The maximum Gasteiger partial charge on any atom is 0.267 e. The van der Waals surface area contributed by atoms with Gasteiger partial charge in [0.25, 0.3) is 5.91 Å². The molecule has 136 valence electrons. The van der Waals surface area contributed by atoms with Gasteiger partial charge in [0.15, 0.2) is 0 Å². The van der Waals surface area contributed by atoms with Crippen molar-refractivity contribution in [3.05, 3.63) is 53.5 Å². The lowest BCUT2D eigenvalue weighted by molar-refractivity contribution is -0.119. The highest BCUT2D eigenvalue weighted by atomic mass is 19.1. The van der Waals surface area contributed by atoms with Crippen LogP contribution in [0.3, 0.4) is 0 Å². The fraction of sp³-hybridized carbons (Fsp3) is 0.278. The number of halogens is 1. The van der Waals surface area contributed by atoms with E-state index in [2.05, 4.69) is 10.3 Å². The summed E-state index contributed by atoms with van der Waals surface area (Å²) in [6, 6.07) is 8.24. The topological polar surface area (TPSA) is 109 Å². The lowest BCUT2D eigenvalue weighted by Gasteiger charge is -2.42. The minimum absolute atomic E-state index is 0.0869. The van der Waals surface area contributed by atoms with Gasteiger partial charge in [-0.2, -0.15) is 0 Å². The molecule has 1 aromatic heterocycles. The van der Waals surface area contributed by atoms with E-state index in [9.17, 15) is 19.1 Å². The molecule has 2 heterocycles. The molecule has 0 radical (unpaired) electrons. The van der Waals surface area contributed by atoms with E-state index in [0.717, 1.165) is 0 Å². The van der Waals surface area contributed by atoms with Crippen molar-refractivity contribution >= 4 is 23.3 Å². The molecule has 2 amide bonds. The highest BCUT2D eigenvalue weighted by Gasteiger charge is 2.40. The Hall–Kier alpha value is -3.00. The Bertz CT molecular complexity index is 873. The molecule has 1 aliphatic rings. The summed E-state index contributed by atoms with van der Waals surface area (Å²) in [5, 5.41) is 13.7. The zero-order valence-electron chi connectivity index (χ0n) is 14.3. The molecule has 1 aliphatic heterocycles. The SMILES string of the molecule is CC(=O)N1c2ccc(F)cc2[C@H](Nc2cccc(C(N)=O)n2)[C@@H](C)[C@@H]1O. The Labute approximate surface area is 149 Å². The number of nitrogens with one attached hydrogen (secondary N) is 1. The number of rotatable bonds is 3. The van der Waals surface area contributed by atoms with Gasteiger partial charge >= 0.3 is 0 Å². The normalized spacial score (nSPS) is 21.8. The number of hydrogen-bond donors (Lipinski definition) is 3. The first-order chi connectivity index (χ1) is 12.3. The second-order valence-electron chi connectivity index (χ2n) is 6.26. The molecule has 26 heavy (non-hydrogen) atoms. The maximum absolute atomic E-state index is 13.9. The number of carbonyl (C=O) groups is 2. The third-order valence-electron chi connectivity index (χ3n) is 4.49. The zero-order chi connectivity index (χ0) is 19.0. The van der Waals surface area contributed by atoms with Crippen LogP contribution >= 0.6 is 0 Å². The summed E-state index contributed by atoms with van der Waals surface area (Å²) in [4.78, 5) is 28.7. The van der Waals surface area contributed by atoms with Crippen LogP contribution in [0.5, 0.6) is 0 Å². The van der Waals surface area contributed by atoms with Gasteiger partial charge in [-0.25, -0.2) is 9.37 Å². The summed E-state index contributed by atoms with van der Waals surface area (Å²) in [7, 11) is 0. The van der Waals surface area contributed by atoms with Crippen LogP contribution in [-0.4, -0.2) is 28.1 Å². The average Bonchev–Trinajstić information content (AvgIpc) is 2.59. The molecule has 0 unspecified atom stereocenters. The molecular weight excluding hydrogens is 339 g/mol. The molecular formula is C18H19FN4O3. The highest BCUT2D eigenvalue weighted by Crippen LogP contribution is 2.41. The monoisotopic (exact) mass is 358 g/mol. The lowest BCUT2D eigenvalue weighted by atomic mass is 9.86. The molecule has 4 N–H and O–H groups in total. The molecule has 3 atom stereocenters. The van der Waals surface area contributed by atoms with E-state index in [1.54, 1.807) is 19.1 Å². The van der Waals surface area contributed by atoms with Crippen molar-refractivity contribution in [1.82, 2.24) is 4.98 Å². The number of carbonyl (C=O) groups excluding carboxylic acids is 2. The Morgan fingerprint density at radius 2 is 2.04 bits per heavy atom. The van der Waals surface area contributed by atoms with Gasteiger partial charge in [-0.15, -0.1) is 0 Å². The largest absolute Gasteiger partial charge is 0.373 e. The third kappa shape index (κ3) is 3.11. The minimum Gasteiger partial charge on any atom is -0.373 e. The number of benzene rings is 1. The summed E-state index contributed by atoms with van der Waals surface area (Å²) in [5.74, 6) is -1.57. The first kappa shape index (κ1) is 17.8. The lowest BCUT2D eigenvalue weighted by Crippen LogP contribution is -2.50. The second kappa shape index (κ2) is 6.72. The maximum atomic E-state index is 13.9. The molecule has 0 saturated heterocycles. The van der Waals surface area contributed by atoms with Gasteiger partial charge < -0.3 is 16.2 Å². The molecule has 7 nitrogen and oxygen atoms in total. The molecule has 0 bridgehead atoms. The molecule has 8 heteroatoms. The number of aliphatic hydroxyl groups excluding tert-OH is 1. The zero-order valence-corrected chi connectivity index (χ0v) is 14.3. The highest BCUT2D eigenvalue weighted by molar-refractivity contribution is 5.93. The Morgan fingerprint density at radius 3 is 2.69 bits per heavy atom. The van der Waals surface area contributed by atoms with E-state index in [1.807, 2.05) is 0 Å².